The van der Waals surface area contributed by atoms with Crippen molar-refractivity contribution in [2.45, 2.75) is 45.6 Å². The van der Waals surface area contributed by atoms with Crippen LogP contribution in [-0.2, 0) is 13.0 Å². The van der Waals surface area contributed by atoms with Gasteiger partial charge in [0.15, 0.2) is 11.6 Å². The van der Waals surface area contributed by atoms with Gasteiger partial charge in [-0.2, -0.15) is 0 Å². The number of anilines is 1. The Morgan fingerprint density at radius 1 is 1.04 bits per heavy atom. The lowest BCUT2D eigenvalue weighted by Gasteiger charge is -2.13. The first-order valence-corrected chi connectivity index (χ1v) is 9.11. The maximum atomic E-state index is 12.2. The summed E-state index contributed by atoms with van der Waals surface area (Å²) in [5.74, 6) is 2.75. The number of carbonyl (C=O) groups excluding carboxylic acids is 1. The molecular weight excluding hydrogens is 328 g/mol. The first kappa shape index (κ1) is 16.6. The van der Waals surface area contributed by atoms with E-state index in [1.54, 1.807) is 12.1 Å². The Balaban J connectivity index is 1.52. The number of hydrogen-bond donors (Lipinski definition) is 1. The first-order chi connectivity index (χ1) is 12.7. The molecule has 0 unspecified atom stereocenters. The van der Waals surface area contributed by atoms with Gasteiger partial charge in [0.25, 0.3) is 5.91 Å². The van der Waals surface area contributed by atoms with Crippen LogP contribution in [0.2, 0.25) is 0 Å². The highest BCUT2D eigenvalue weighted by molar-refractivity contribution is 6.02. The Morgan fingerprint density at radius 2 is 1.85 bits per heavy atom. The minimum absolute atomic E-state index is 0.251. The van der Waals surface area contributed by atoms with Crippen molar-refractivity contribution < 1.29 is 9.21 Å². The van der Waals surface area contributed by atoms with Crippen LogP contribution in [-0.4, -0.2) is 20.7 Å². The van der Waals surface area contributed by atoms with Gasteiger partial charge in [0.1, 0.15) is 11.6 Å². The lowest BCUT2D eigenvalue weighted by Crippen LogP contribution is -2.11. The molecule has 26 heavy (non-hydrogen) atoms. The molecule has 1 aromatic carbocycles. The van der Waals surface area contributed by atoms with Crippen LogP contribution in [0.15, 0.2) is 40.8 Å². The maximum absolute atomic E-state index is 12.2. The lowest BCUT2D eigenvalue weighted by molar-refractivity contribution is 0.0995. The van der Waals surface area contributed by atoms with Crippen molar-refractivity contribution in [1.82, 2.24) is 14.8 Å². The molecule has 1 amide bonds. The van der Waals surface area contributed by atoms with E-state index in [4.69, 9.17) is 4.42 Å². The Hall–Kier alpha value is -2.89. The third kappa shape index (κ3) is 3.40. The highest BCUT2D eigenvalue weighted by Crippen LogP contribution is 2.24. The Morgan fingerprint density at radius 3 is 2.62 bits per heavy atom. The molecule has 0 fully saturated rings. The summed E-state index contributed by atoms with van der Waals surface area (Å²) in [7, 11) is 0. The number of aromatic nitrogens is 3. The van der Waals surface area contributed by atoms with Crippen LogP contribution in [0.5, 0.6) is 0 Å². The van der Waals surface area contributed by atoms with Crippen LogP contribution < -0.4 is 5.32 Å². The standard InChI is InChI=1S/C20H22N4O2/c1-14-7-12-17(26-14)20(25)21-16-10-8-15(9-11-16)19-23-22-18-6-4-2-3-5-13-24(18)19/h7-12H,2-6,13H2,1H3,(H,21,25). The van der Waals surface area contributed by atoms with E-state index in [2.05, 4.69) is 20.1 Å². The number of fused-ring (bicyclic) bond motifs is 1. The van der Waals surface area contributed by atoms with Gasteiger partial charge in [0.05, 0.1) is 0 Å². The zero-order chi connectivity index (χ0) is 17.9. The molecule has 4 rings (SSSR count). The summed E-state index contributed by atoms with van der Waals surface area (Å²) in [6.07, 6.45) is 5.86. The third-order valence-corrected chi connectivity index (χ3v) is 4.72. The van der Waals surface area contributed by atoms with Crippen molar-refractivity contribution in [2.75, 3.05) is 5.32 Å². The van der Waals surface area contributed by atoms with Gasteiger partial charge in [0, 0.05) is 24.2 Å². The number of rotatable bonds is 3. The zero-order valence-corrected chi connectivity index (χ0v) is 14.9. The van der Waals surface area contributed by atoms with E-state index in [0.717, 1.165) is 42.3 Å². The minimum atomic E-state index is -0.251. The van der Waals surface area contributed by atoms with Crippen molar-refractivity contribution in [2.24, 2.45) is 0 Å². The highest BCUT2D eigenvalue weighted by atomic mass is 16.3. The van der Waals surface area contributed by atoms with Crippen LogP contribution >= 0.6 is 0 Å². The summed E-state index contributed by atoms with van der Waals surface area (Å²) in [6, 6.07) is 11.2. The molecule has 3 aromatic rings. The smallest absolute Gasteiger partial charge is 0.291 e. The number of nitrogens with one attached hydrogen (secondary N) is 1. The van der Waals surface area contributed by atoms with Crippen LogP contribution in [0.1, 0.15) is 47.8 Å². The summed E-state index contributed by atoms with van der Waals surface area (Å²) < 4.78 is 7.59. The normalized spacial score (nSPS) is 14.3. The molecule has 1 aliphatic rings. The molecule has 0 aliphatic carbocycles. The van der Waals surface area contributed by atoms with Crippen molar-refractivity contribution in [3.63, 3.8) is 0 Å². The molecule has 0 radical (unpaired) electrons. The number of nitrogens with zero attached hydrogens (tertiary/aromatic N) is 3. The SMILES string of the molecule is Cc1ccc(C(=O)Nc2ccc(-c3nnc4n3CCCCCC4)cc2)o1. The van der Waals surface area contributed by atoms with Gasteiger partial charge in [-0.25, -0.2) is 0 Å². The summed E-state index contributed by atoms with van der Waals surface area (Å²) in [6.45, 7) is 2.78. The number of aryl methyl sites for hydroxylation is 2. The molecule has 1 aliphatic heterocycles. The second-order valence-corrected chi connectivity index (χ2v) is 6.70. The average molecular weight is 350 g/mol. The third-order valence-electron chi connectivity index (χ3n) is 4.72. The predicted octanol–water partition coefficient (Wildman–Crippen LogP) is 4.22. The van der Waals surface area contributed by atoms with Gasteiger partial charge in [-0.05, 0) is 56.2 Å². The number of amides is 1. The van der Waals surface area contributed by atoms with E-state index in [1.165, 1.54) is 19.3 Å². The highest BCUT2D eigenvalue weighted by Gasteiger charge is 2.16. The monoisotopic (exact) mass is 350 g/mol. The zero-order valence-electron chi connectivity index (χ0n) is 14.9. The van der Waals surface area contributed by atoms with Crippen LogP contribution in [0.3, 0.4) is 0 Å². The fourth-order valence-electron chi connectivity index (χ4n) is 3.33. The molecule has 134 valence electrons. The Bertz CT molecular complexity index is 908. The predicted molar refractivity (Wildman–Crippen MR) is 99.0 cm³/mol. The quantitative estimate of drug-likeness (QED) is 0.768. The topological polar surface area (TPSA) is 73.0 Å². The number of benzene rings is 1. The molecule has 0 saturated carbocycles. The van der Waals surface area contributed by atoms with E-state index in [-0.39, 0.29) is 5.91 Å². The van der Waals surface area contributed by atoms with E-state index < -0.39 is 0 Å². The van der Waals surface area contributed by atoms with Crippen LogP contribution in [0, 0.1) is 6.92 Å². The van der Waals surface area contributed by atoms with Gasteiger partial charge in [-0.1, -0.05) is 12.8 Å². The fourth-order valence-corrected chi connectivity index (χ4v) is 3.33. The first-order valence-electron chi connectivity index (χ1n) is 9.11. The minimum Gasteiger partial charge on any atom is -0.456 e. The molecule has 0 saturated heterocycles. The van der Waals surface area contributed by atoms with Gasteiger partial charge < -0.3 is 14.3 Å². The lowest BCUT2D eigenvalue weighted by atomic mass is 10.1. The molecule has 0 atom stereocenters. The number of furan rings is 1. The van der Waals surface area contributed by atoms with Crippen molar-refractivity contribution in [1.29, 1.82) is 0 Å². The second kappa shape index (κ2) is 7.15. The summed E-state index contributed by atoms with van der Waals surface area (Å²) in [5.41, 5.74) is 1.73. The average Bonchev–Trinajstić information content (AvgIpc) is 3.22. The Labute approximate surface area is 152 Å². The molecule has 3 heterocycles. The Kier molecular flexibility index (Phi) is 4.56. The van der Waals surface area contributed by atoms with Gasteiger partial charge in [-0.3, -0.25) is 4.79 Å². The van der Waals surface area contributed by atoms with Crippen molar-refractivity contribution in [3.8, 4) is 11.4 Å². The van der Waals surface area contributed by atoms with Gasteiger partial charge in [0.2, 0.25) is 0 Å². The van der Waals surface area contributed by atoms with Crippen molar-refractivity contribution in [3.05, 3.63) is 53.7 Å². The molecule has 1 N–H and O–H groups in total. The van der Waals surface area contributed by atoms with E-state index in [9.17, 15) is 4.79 Å². The van der Waals surface area contributed by atoms with Crippen molar-refractivity contribution >= 4 is 11.6 Å². The molecule has 6 nitrogen and oxygen atoms in total. The van der Waals surface area contributed by atoms with Crippen LogP contribution in [0.25, 0.3) is 11.4 Å². The maximum Gasteiger partial charge on any atom is 0.291 e. The number of carbonyl (C=O) groups is 1. The molecule has 2 aromatic heterocycles. The molecular formula is C20H22N4O2. The molecule has 0 bridgehead atoms. The fraction of sp³-hybridized carbons (Fsp3) is 0.350. The van der Waals surface area contributed by atoms with Crippen LogP contribution in [0.4, 0.5) is 5.69 Å². The second-order valence-electron chi connectivity index (χ2n) is 6.70. The van der Waals surface area contributed by atoms with Gasteiger partial charge in [-0.15, -0.1) is 10.2 Å². The molecule has 0 spiro atoms. The number of hydrogen-bond acceptors (Lipinski definition) is 4. The largest absolute Gasteiger partial charge is 0.456 e. The van der Waals surface area contributed by atoms with E-state index in [1.807, 2.05) is 31.2 Å². The van der Waals surface area contributed by atoms with E-state index in [0.29, 0.717) is 11.5 Å². The van der Waals surface area contributed by atoms with Gasteiger partial charge >= 0.3 is 0 Å². The van der Waals surface area contributed by atoms with E-state index >= 15 is 0 Å². The summed E-state index contributed by atoms with van der Waals surface area (Å²) >= 11 is 0. The molecule has 6 heteroatoms. The summed E-state index contributed by atoms with van der Waals surface area (Å²) in [4.78, 5) is 12.2. The summed E-state index contributed by atoms with van der Waals surface area (Å²) in [5, 5.41) is 11.6.